The highest BCUT2D eigenvalue weighted by Crippen LogP contribution is 2.38. The maximum absolute atomic E-state index is 6.40. The van der Waals surface area contributed by atoms with Gasteiger partial charge >= 0.3 is 0 Å². The fourth-order valence-corrected chi connectivity index (χ4v) is 8.83. The molecule has 0 N–H and O–H groups in total. The van der Waals surface area contributed by atoms with Crippen LogP contribution in [0.15, 0.2) is 217 Å². The number of hydrogen-bond donors (Lipinski definition) is 0. The average molecular weight is 778 g/mol. The molecule has 4 nitrogen and oxygen atoms in total. The molecule has 2 aromatic heterocycles. The van der Waals surface area contributed by atoms with E-state index in [9.17, 15) is 0 Å². The van der Waals surface area contributed by atoms with Gasteiger partial charge in [-0.05, 0) is 96.0 Å². The maximum atomic E-state index is 6.40. The molecule has 0 bridgehead atoms. The van der Waals surface area contributed by atoms with E-state index in [4.69, 9.17) is 19.4 Å². The van der Waals surface area contributed by atoms with Gasteiger partial charge < -0.3 is 4.42 Å². The molecule has 2 heterocycles. The molecule has 0 aliphatic heterocycles. The van der Waals surface area contributed by atoms with Crippen LogP contribution in [0.4, 0.5) is 0 Å². The molecule has 0 unspecified atom stereocenters. The van der Waals surface area contributed by atoms with Crippen LogP contribution in [0.5, 0.6) is 0 Å². The van der Waals surface area contributed by atoms with E-state index in [1.54, 1.807) is 0 Å². The van der Waals surface area contributed by atoms with Crippen molar-refractivity contribution < 1.29 is 4.42 Å². The lowest BCUT2D eigenvalue weighted by Gasteiger charge is -2.12. The van der Waals surface area contributed by atoms with Crippen LogP contribution in [0.2, 0.25) is 0 Å². The molecule has 0 saturated heterocycles. The molecule has 0 amide bonds. The van der Waals surface area contributed by atoms with Crippen LogP contribution < -0.4 is 0 Å². The van der Waals surface area contributed by atoms with E-state index < -0.39 is 0 Å². The fraction of sp³-hybridized carbons (Fsp3) is 0. The predicted octanol–water partition coefficient (Wildman–Crippen LogP) is 15.2. The highest BCUT2D eigenvalue weighted by atomic mass is 16.3. The normalized spacial score (nSPS) is 11.6. The number of fused-ring (bicyclic) bond motifs is 9. The van der Waals surface area contributed by atoms with E-state index in [0.717, 1.165) is 55.3 Å². The van der Waals surface area contributed by atoms with Crippen molar-refractivity contribution in [1.29, 1.82) is 0 Å². The van der Waals surface area contributed by atoms with Gasteiger partial charge in [0.15, 0.2) is 17.5 Å². The van der Waals surface area contributed by atoms with Crippen LogP contribution in [-0.2, 0) is 0 Å². The van der Waals surface area contributed by atoms with Crippen LogP contribution in [0.25, 0.3) is 122 Å². The Morgan fingerprint density at radius 2 is 0.574 bits per heavy atom. The minimum Gasteiger partial charge on any atom is -0.456 e. The second-order valence-corrected chi connectivity index (χ2v) is 15.6. The first-order valence-corrected chi connectivity index (χ1v) is 20.6. The topological polar surface area (TPSA) is 51.8 Å². The molecule has 0 radical (unpaired) electrons. The first-order chi connectivity index (χ1) is 30.2. The molecule has 0 spiro atoms. The van der Waals surface area contributed by atoms with Gasteiger partial charge in [-0.25, -0.2) is 15.0 Å². The average Bonchev–Trinajstić information content (AvgIpc) is 3.72. The van der Waals surface area contributed by atoms with Gasteiger partial charge in [0.25, 0.3) is 0 Å². The molecule has 0 atom stereocenters. The van der Waals surface area contributed by atoms with E-state index in [-0.39, 0.29) is 0 Å². The summed E-state index contributed by atoms with van der Waals surface area (Å²) in [5.41, 5.74) is 11.3. The Balaban J connectivity index is 0.872. The van der Waals surface area contributed by atoms with Gasteiger partial charge in [0.1, 0.15) is 11.2 Å². The lowest BCUT2D eigenvalue weighted by molar-refractivity contribution is 0.669. The van der Waals surface area contributed by atoms with E-state index in [1.807, 2.05) is 42.5 Å². The van der Waals surface area contributed by atoms with E-state index in [0.29, 0.717) is 17.5 Å². The molecular formula is C57H35N3O. The third kappa shape index (κ3) is 6.12. The lowest BCUT2D eigenvalue weighted by Crippen LogP contribution is -2.00. The number of rotatable bonds is 6. The molecule has 12 aromatic rings. The summed E-state index contributed by atoms with van der Waals surface area (Å²) in [6, 6.07) is 74.8. The Labute approximate surface area is 352 Å². The Morgan fingerprint density at radius 3 is 1.16 bits per heavy atom. The summed E-state index contributed by atoms with van der Waals surface area (Å²) in [6.45, 7) is 0. The molecule has 0 aliphatic carbocycles. The number of nitrogens with zero attached hydrogens (tertiary/aromatic N) is 3. The number of furan rings is 1. The summed E-state index contributed by atoms with van der Waals surface area (Å²) < 4.78 is 6.40. The van der Waals surface area contributed by atoms with Crippen molar-refractivity contribution in [2.24, 2.45) is 0 Å². The van der Waals surface area contributed by atoms with Gasteiger partial charge in [0, 0.05) is 27.5 Å². The van der Waals surface area contributed by atoms with Crippen molar-refractivity contribution >= 4 is 54.3 Å². The van der Waals surface area contributed by atoms with E-state index >= 15 is 0 Å². The quantitative estimate of drug-likeness (QED) is 0.158. The Morgan fingerprint density at radius 1 is 0.213 bits per heavy atom. The smallest absolute Gasteiger partial charge is 0.164 e. The SMILES string of the molecule is c1ccc(-c2ccc3oc4cc(-c5nc(-c6ccccc6)nc(-c6ccc(-c7ccc(-c8ccc9c%10ccccc%10c%10ccccc%10c9c8)cc7)cc6)n5)ccc4c3c2)cc1. The maximum Gasteiger partial charge on any atom is 0.164 e. The zero-order chi connectivity index (χ0) is 40.3. The number of benzene rings is 10. The van der Waals surface area contributed by atoms with E-state index in [1.165, 1.54) is 49.0 Å². The van der Waals surface area contributed by atoms with Crippen LogP contribution in [0.1, 0.15) is 0 Å². The lowest BCUT2D eigenvalue weighted by atomic mass is 9.92. The van der Waals surface area contributed by atoms with Crippen molar-refractivity contribution in [2.45, 2.75) is 0 Å². The van der Waals surface area contributed by atoms with Crippen LogP contribution in [-0.4, -0.2) is 15.0 Å². The summed E-state index contributed by atoms with van der Waals surface area (Å²) in [5, 5.41) is 9.83. The predicted molar refractivity (Wildman–Crippen MR) is 252 cm³/mol. The van der Waals surface area contributed by atoms with Gasteiger partial charge in [-0.15, -0.1) is 0 Å². The molecule has 0 saturated carbocycles. The molecule has 12 rings (SSSR count). The molecule has 0 fully saturated rings. The summed E-state index contributed by atoms with van der Waals surface area (Å²) in [7, 11) is 0. The fourth-order valence-electron chi connectivity index (χ4n) is 8.83. The van der Waals surface area contributed by atoms with Crippen LogP contribution in [0, 0.1) is 0 Å². The third-order valence-electron chi connectivity index (χ3n) is 11.9. The highest BCUT2D eigenvalue weighted by molar-refractivity contribution is 6.25. The van der Waals surface area contributed by atoms with Crippen LogP contribution >= 0.6 is 0 Å². The second-order valence-electron chi connectivity index (χ2n) is 15.6. The molecule has 4 heteroatoms. The second kappa shape index (κ2) is 14.3. The summed E-state index contributed by atoms with van der Waals surface area (Å²) in [5.74, 6) is 1.82. The summed E-state index contributed by atoms with van der Waals surface area (Å²) >= 11 is 0. The largest absolute Gasteiger partial charge is 0.456 e. The standard InChI is InChI=1S/C57H35N3O/c1-3-11-36(12-4-1)43-29-32-53-52(34-43)50-31-28-44(35-54(50)61-53)57-59-55(40-13-5-2-6-14-40)58-56(60-57)41-25-23-38(24-26-41)37-19-21-39(22-20-37)42-27-30-49-47-17-8-7-15-45(47)46-16-9-10-18-48(46)51(49)33-42/h1-35H. The first kappa shape index (κ1) is 34.8. The van der Waals surface area contributed by atoms with Crippen molar-refractivity contribution in [3.05, 3.63) is 212 Å². The van der Waals surface area contributed by atoms with Gasteiger partial charge in [-0.2, -0.15) is 0 Å². The van der Waals surface area contributed by atoms with Gasteiger partial charge in [-0.3, -0.25) is 0 Å². The minimum atomic E-state index is 0.589. The number of aromatic nitrogens is 3. The highest BCUT2D eigenvalue weighted by Gasteiger charge is 2.16. The van der Waals surface area contributed by atoms with Crippen molar-refractivity contribution in [2.75, 3.05) is 0 Å². The third-order valence-corrected chi connectivity index (χ3v) is 11.9. The van der Waals surface area contributed by atoms with Crippen LogP contribution in [0.3, 0.4) is 0 Å². The zero-order valence-corrected chi connectivity index (χ0v) is 33.0. The molecule has 284 valence electrons. The first-order valence-electron chi connectivity index (χ1n) is 20.6. The minimum absolute atomic E-state index is 0.589. The molecular weight excluding hydrogens is 743 g/mol. The molecule has 10 aromatic carbocycles. The summed E-state index contributed by atoms with van der Waals surface area (Å²) in [6.07, 6.45) is 0. The van der Waals surface area contributed by atoms with Crippen molar-refractivity contribution in [3.8, 4) is 67.5 Å². The monoisotopic (exact) mass is 777 g/mol. The van der Waals surface area contributed by atoms with Gasteiger partial charge in [0.2, 0.25) is 0 Å². The van der Waals surface area contributed by atoms with Gasteiger partial charge in [-0.1, -0.05) is 182 Å². The Bertz CT molecular complexity index is 3580. The van der Waals surface area contributed by atoms with Crippen molar-refractivity contribution in [3.63, 3.8) is 0 Å². The Kier molecular flexibility index (Phi) is 8.13. The molecule has 61 heavy (non-hydrogen) atoms. The van der Waals surface area contributed by atoms with Gasteiger partial charge in [0.05, 0.1) is 0 Å². The number of hydrogen-bond acceptors (Lipinski definition) is 4. The van der Waals surface area contributed by atoms with E-state index in [2.05, 4.69) is 170 Å². The summed E-state index contributed by atoms with van der Waals surface area (Å²) in [4.78, 5) is 15.0. The van der Waals surface area contributed by atoms with Crippen molar-refractivity contribution in [1.82, 2.24) is 15.0 Å². The zero-order valence-electron chi connectivity index (χ0n) is 33.0. The molecule has 0 aliphatic rings. The Hall–Kier alpha value is -8.21.